The Morgan fingerprint density at radius 1 is 0.875 bits per heavy atom. The van der Waals surface area contributed by atoms with Crippen LogP contribution in [0.3, 0.4) is 0 Å². The molecule has 0 saturated heterocycles. The molecule has 1 N–H and O–H groups in total. The zero-order valence-corrected chi connectivity index (χ0v) is 13.6. The quantitative estimate of drug-likeness (QED) is 0.482. The number of H-pyrrole nitrogens is 1. The van der Waals surface area contributed by atoms with Crippen molar-refractivity contribution < 1.29 is 4.79 Å². The van der Waals surface area contributed by atoms with E-state index in [0.717, 1.165) is 16.6 Å². The summed E-state index contributed by atoms with van der Waals surface area (Å²) in [4.78, 5) is 16.1. The van der Waals surface area contributed by atoms with Gasteiger partial charge in [-0.05, 0) is 23.6 Å². The number of carbonyl (C=O) groups excluding carboxylic acids is 1. The van der Waals surface area contributed by atoms with Crippen LogP contribution in [0.2, 0.25) is 0 Å². The molecule has 1 heterocycles. The van der Waals surface area contributed by atoms with Gasteiger partial charge in [0.15, 0.2) is 5.78 Å². The third-order valence-corrected chi connectivity index (χ3v) is 4.69. The van der Waals surface area contributed by atoms with Gasteiger partial charge in [0.2, 0.25) is 0 Å². The van der Waals surface area contributed by atoms with Gasteiger partial charge >= 0.3 is 0 Å². The highest BCUT2D eigenvalue weighted by atomic mass is 16.1. The van der Waals surface area contributed by atoms with Crippen LogP contribution in [0.5, 0.6) is 0 Å². The average molecular weight is 313 g/mol. The number of aromatic nitrogens is 1. The molecule has 4 rings (SSSR count). The zero-order valence-electron chi connectivity index (χ0n) is 13.6. The Kier molecular flexibility index (Phi) is 3.66. The fourth-order valence-electron chi connectivity index (χ4n) is 3.32. The van der Waals surface area contributed by atoms with Gasteiger partial charge in [-0.15, -0.1) is 0 Å². The van der Waals surface area contributed by atoms with Crippen molar-refractivity contribution >= 4 is 27.6 Å². The molecule has 4 aromatic rings. The van der Waals surface area contributed by atoms with E-state index >= 15 is 0 Å². The van der Waals surface area contributed by atoms with Crippen molar-refractivity contribution in [3.63, 3.8) is 0 Å². The van der Waals surface area contributed by atoms with Crippen molar-refractivity contribution in [3.8, 4) is 0 Å². The van der Waals surface area contributed by atoms with Crippen LogP contribution in [0, 0.1) is 0 Å². The second kappa shape index (κ2) is 5.97. The lowest BCUT2D eigenvalue weighted by molar-refractivity contribution is 0.0976. The van der Waals surface area contributed by atoms with Crippen LogP contribution in [0.15, 0.2) is 72.8 Å². The van der Waals surface area contributed by atoms with Crippen LogP contribution in [0.25, 0.3) is 21.8 Å². The van der Waals surface area contributed by atoms with Crippen molar-refractivity contribution in [3.05, 3.63) is 83.9 Å². The molecule has 1 unspecified atom stereocenters. The van der Waals surface area contributed by atoms with Gasteiger partial charge in [0.05, 0.1) is 0 Å². The predicted molar refractivity (Wildman–Crippen MR) is 99.6 cm³/mol. The Labute approximate surface area is 141 Å². The molecule has 0 aliphatic rings. The molecular formula is C22H19NO. The number of Topliss-reactive ketones (excluding diaryl/α,β-unsaturated/α-hetero) is 1. The van der Waals surface area contributed by atoms with Gasteiger partial charge in [-0.1, -0.05) is 67.6 Å². The van der Waals surface area contributed by atoms with E-state index in [9.17, 15) is 4.79 Å². The molecule has 0 bridgehead atoms. The number of fused-ring (bicyclic) bond motifs is 3. The van der Waals surface area contributed by atoms with Gasteiger partial charge in [-0.25, -0.2) is 0 Å². The second-order valence-corrected chi connectivity index (χ2v) is 6.37. The number of hydrogen-bond acceptors (Lipinski definition) is 1. The van der Waals surface area contributed by atoms with E-state index in [4.69, 9.17) is 0 Å². The summed E-state index contributed by atoms with van der Waals surface area (Å²) >= 11 is 0. The number of nitrogens with one attached hydrogen (secondary N) is 1. The summed E-state index contributed by atoms with van der Waals surface area (Å²) in [6.07, 6.45) is 0.524. The molecule has 3 aromatic carbocycles. The number of benzene rings is 3. The summed E-state index contributed by atoms with van der Waals surface area (Å²) < 4.78 is 0. The van der Waals surface area contributed by atoms with Crippen LogP contribution in [-0.4, -0.2) is 10.8 Å². The van der Waals surface area contributed by atoms with E-state index in [2.05, 4.69) is 42.2 Å². The number of hydrogen-bond donors (Lipinski definition) is 1. The standard InChI is InChI=1S/C22H19NO/c1-15(16-7-3-2-4-8-16)13-22(24)17-11-12-19-18-9-5-6-10-20(18)23-21(19)14-17/h2-12,14-15,23H,13H2,1H3. The van der Waals surface area contributed by atoms with Crippen molar-refractivity contribution in [2.45, 2.75) is 19.3 Å². The molecule has 2 nitrogen and oxygen atoms in total. The highest BCUT2D eigenvalue weighted by Crippen LogP contribution is 2.27. The van der Waals surface area contributed by atoms with Crippen molar-refractivity contribution in [1.29, 1.82) is 0 Å². The van der Waals surface area contributed by atoms with Gasteiger partial charge in [-0.2, -0.15) is 0 Å². The minimum absolute atomic E-state index is 0.187. The Bertz CT molecular complexity index is 1010. The second-order valence-electron chi connectivity index (χ2n) is 6.37. The molecule has 0 aliphatic carbocycles. The maximum absolute atomic E-state index is 12.7. The SMILES string of the molecule is CC(CC(=O)c1ccc2c(c1)[nH]c1ccccc12)c1ccccc1. The third kappa shape index (κ3) is 2.61. The van der Waals surface area contributed by atoms with Crippen LogP contribution < -0.4 is 0 Å². The van der Waals surface area contributed by atoms with Gasteiger partial charge in [-0.3, -0.25) is 4.79 Å². The lowest BCUT2D eigenvalue weighted by Gasteiger charge is -2.11. The zero-order chi connectivity index (χ0) is 16.5. The van der Waals surface area contributed by atoms with Crippen LogP contribution >= 0.6 is 0 Å². The van der Waals surface area contributed by atoms with Crippen LogP contribution in [0.4, 0.5) is 0 Å². The smallest absolute Gasteiger partial charge is 0.163 e. The fraction of sp³-hybridized carbons (Fsp3) is 0.136. The lowest BCUT2D eigenvalue weighted by atomic mass is 9.93. The molecule has 0 amide bonds. The molecule has 0 radical (unpaired) electrons. The van der Waals surface area contributed by atoms with Crippen LogP contribution in [-0.2, 0) is 0 Å². The largest absolute Gasteiger partial charge is 0.354 e. The van der Waals surface area contributed by atoms with Crippen LogP contribution in [0.1, 0.15) is 35.2 Å². The van der Waals surface area contributed by atoms with E-state index in [1.807, 2.05) is 42.5 Å². The molecule has 118 valence electrons. The minimum atomic E-state index is 0.187. The van der Waals surface area contributed by atoms with E-state index in [-0.39, 0.29) is 11.7 Å². The molecule has 1 atom stereocenters. The number of carbonyl (C=O) groups is 1. The first-order valence-corrected chi connectivity index (χ1v) is 8.31. The normalized spacial score (nSPS) is 12.5. The molecule has 0 aliphatic heterocycles. The monoisotopic (exact) mass is 313 g/mol. The molecule has 1 aromatic heterocycles. The summed E-state index contributed by atoms with van der Waals surface area (Å²) in [7, 11) is 0. The van der Waals surface area contributed by atoms with E-state index in [1.165, 1.54) is 16.3 Å². The highest BCUT2D eigenvalue weighted by Gasteiger charge is 2.14. The first-order valence-electron chi connectivity index (χ1n) is 8.31. The predicted octanol–water partition coefficient (Wildman–Crippen LogP) is 5.70. The molecule has 24 heavy (non-hydrogen) atoms. The summed E-state index contributed by atoms with van der Waals surface area (Å²) in [6.45, 7) is 2.11. The number of para-hydroxylation sites is 1. The topological polar surface area (TPSA) is 32.9 Å². The molecular weight excluding hydrogens is 294 g/mol. The average Bonchev–Trinajstić information content (AvgIpc) is 3.00. The van der Waals surface area contributed by atoms with Crippen molar-refractivity contribution in [2.75, 3.05) is 0 Å². The van der Waals surface area contributed by atoms with Gasteiger partial charge in [0.1, 0.15) is 0 Å². The highest BCUT2D eigenvalue weighted by molar-refractivity contribution is 6.09. The Morgan fingerprint density at radius 3 is 2.42 bits per heavy atom. The minimum Gasteiger partial charge on any atom is -0.354 e. The lowest BCUT2D eigenvalue weighted by Crippen LogP contribution is -2.05. The Morgan fingerprint density at radius 2 is 1.58 bits per heavy atom. The maximum atomic E-state index is 12.7. The number of aromatic amines is 1. The number of ketones is 1. The van der Waals surface area contributed by atoms with Crippen molar-refractivity contribution in [1.82, 2.24) is 4.98 Å². The fourth-order valence-corrected chi connectivity index (χ4v) is 3.32. The first-order chi connectivity index (χ1) is 11.7. The Hall–Kier alpha value is -2.87. The van der Waals surface area contributed by atoms with E-state index < -0.39 is 0 Å². The molecule has 0 fully saturated rings. The first kappa shape index (κ1) is 14.7. The molecule has 0 spiro atoms. The van der Waals surface area contributed by atoms with Crippen molar-refractivity contribution in [2.24, 2.45) is 0 Å². The molecule has 2 heteroatoms. The Balaban J connectivity index is 1.63. The molecule has 0 saturated carbocycles. The summed E-state index contributed by atoms with van der Waals surface area (Å²) in [6, 6.07) is 24.4. The van der Waals surface area contributed by atoms with Gasteiger partial charge < -0.3 is 4.98 Å². The summed E-state index contributed by atoms with van der Waals surface area (Å²) in [5, 5.41) is 2.36. The maximum Gasteiger partial charge on any atom is 0.163 e. The van der Waals surface area contributed by atoms with Gasteiger partial charge in [0, 0.05) is 33.8 Å². The number of rotatable bonds is 4. The third-order valence-electron chi connectivity index (χ3n) is 4.69. The van der Waals surface area contributed by atoms with E-state index in [1.54, 1.807) is 0 Å². The van der Waals surface area contributed by atoms with E-state index in [0.29, 0.717) is 6.42 Å². The summed E-state index contributed by atoms with van der Waals surface area (Å²) in [5.41, 5.74) is 4.11. The summed E-state index contributed by atoms with van der Waals surface area (Å²) in [5.74, 6) is 0.407. The van der Waals surface area contributed by atoms with Gasteiger partial charge in [0.25, 0.3) is 0 Å².